The Morgan fingerprint density at radius 1 is 1.32 bits per heavy atom. The Hall–Kier alpha value is -0.540. The van der Waals surface area contributed by atoms with Crippen LogP contribution in [0.4, 0.5) is 0 Å². The van der Waals surface area contributed by atoms with E-state index in [9.17, 15) is 4.79 Å². The van der Waals surface area contributed by atoms with Gasteiger partial charge in [-0.3, -0.25) is 4.79 Å². The molecule has 1 saturated carbocycles. The third kappa shape index (κ3) is 5.27. The summed E-state index contributed by atoms with van der Waals surface area (Å²) in [6.07, 6.45) is 14.5. The van der Waals surface area contributed by atoms with Crippen LogP contribution < -0.4 is 0 Å². The van der Waals surface area contributed by atoms with Crippen molar-refractivity contribution in [2.24, 2.45) is 11.8 Å². The molecule has 1 N–H and O–H groups in total. The van der Waals surface area contributed by atoms with Crippen LogP contribution in [-0.4, -0.2) is 28.7 Å². The van der Waals surface area contributed by atoms with Crippen molar-refractivity contribution in [3.8, 4) is 0 Å². The van der Waals surface area contributed by atoms with Gasteiger partial charge in [0.15, 0.2) is 0 Å². The lowest BCUT2D eigenvalue weighted by Gasteiger charge is -2.23. The van der Waals surface area contributed by atoms with Gasteiger partial charge in [0, 0.05) is 17.7 Å². The van der Waals surface area contributed by atoms with Gasteiger partial charge in [0.2, 0.25) is 0 Å². The van der Waals surface area contributed by atoms with Gasteiger partial charge in [0.05, 0.1) is 12.2 Å². The molecule has 0 aromatic heterocycles. The van der Waals surface area contributed by atoms with Crippen molar-refractivity contribution in [3.05, 3.63) is 12.2 Å². The van der Waals surface area contributed by atoms with Gasteiger partial charge in [-0.05, 0) is 38.0 Å². The molecule has 126 valence electrons. The minimum atomic E-state index is -0.681. The molecule has 1 aliphatic heterocycles. The van der Waals surface area contributed by atoms with E-state index < -0.39 is 5.97 Å². The minimum absolute atomic E-state index is 0.278. The highest BCUT2D eigenvalue weighted by Gasteiger charge is 2.55. The molecule has 1 aliphatic carbocycles. The van der Waals surface area contributed by atoms with E-state index in [-0.39, 0.29) is 5.38 Å². The highest BCUT2D eigenvalue weighted by molar-refractivity contribution is 6.20. The van der Waals surface area contributed by atoms with Gasteiger partial charge in [-0.25, -0.2) is 0 Å². The third-order valence-corrected chi connectivity index (χ3v) is 5.61. The summed E-state index contributed by atoms with van der Waals surface area (Å²) in [6.45, 7) is 2.16. The number of carboxylic acid groups (broad SMARTS) is 1. The van der Waals surface area contributed by atoms with Crippen molar-refractivity contribution in [2.45, 2.75) is 82.3 Å². The first-order chi connectivity index (χ1) is 10.6. The zero-order valence-corrected chi connectivity index (χ0v) is 14.3. The Labute approximate surface area is 139 Å². The predicted molar refractivity (Wildman–Crippen MR) is 89.3 cm³/mol. The number of rotatable bonds is 11. The molecule has 0 unspecified atom stereocenters. The molecule has 0 bridgehead atoms. The first kappa shape index (κ1) is 17.8. The number of halogens is 1. The van der Waals surface area contributed by atoms with Gasteiger partial charge in [-0.15, -0.1) is 11.6 Å². The van der Waals surface area contributed by atoms with Crippen LogP contribution in [0.15, 0.2) is 12.2 Å². The fourth-order valence-electron chi connectivity index (χ4n) is 3.62. The molecule has 2 fully saturated rings. The largest absolute Gasteiger partial charge is 0.481 e. The van der Waals surface area contributed by atoms with E-state index in [0.717, 1.165) is 38.5 Å². The van der Waals surface area contributed by atoms with E-state index in [1.807, 2.05) is 0 Å². The van der Waals surface area contributed by atoms with E-state index in [0.29, 0.717) is 30.5 Å². The number of aliphatic carboxylic acids is 1. The second-order valence-corrected chi connectivity index (χ2v) is 7.23. The SMILES string of the molecule is CC[C@H](Cl)[C@@H]1C[C@@H]2O[C@@H]2[C@H]1/C=C\CCCCCCCC(=O)O. The fraction of sp³-hybridized carbons (Fsp3) is 0.833. The topological polar surface area (TPSA) is 49.8 Å². The molecule has 4 heteroatoms. The van der Waals surface area contributed by atoms with E-state index in [2.05, 4.69) is 19.1 Å². The van der Waals surface area contributed by atoms with Gasteiger partial charge in [-0.1, -0.05) is 38.3 Å². The average Bonchev–Trinajstić information content (AvgIpc) is 3.18. The molecule has 0 aromatic rings. The highest BCUT2D eigenvalue weighted by Crippen LogP contribution is 2.50. The Kier molecular flexibility index (Phi) is 7.23. The summed E-state index contributed by atoms with van der Waals surface area (Å²) in [6, 6.07) is 0. The molecule has 0 aromatic carbocycles. The Balaban J connectivity index is 1.56. The lowest BCUT2D eigenvalue weighted by molar-refractivity contribution is -0.137. The number of carbonyl (C=O) groups is 1. The predicted octanol–water partition coefficient (Wildman–Crippen LogP) is 4.78. The maximum atomic E-state index is 10.4. The maximum absolute atomic E-state index is 10.4. The monoisotopic (exact) mass is 328 g/mol. The highest BCUT2D eigenvalue weighted by atomic mass is 35.5. The van der Waals surface area contributed by atoms with Crippen molar-refractivity contribution in [1.82, 2.24) is 0 Å². The van der Waals surface area contributed by atoms with E-state index in [1.165, 1.54) is 12.8 Å². The summed E-state index contributed by atoms with van der Waals surface area (Å²) in [4.78, 5) is 10.4. The van der Waals surface area contributed by atoms with Crippen molar-refractivity contribution < 1.29 is 14.6 Å². The summed E-state index contributed by atoms with van der Waals surface area (Å²) < 4.78 is 5.67. The molecule has 3 nitrogen and oxygen atoms in total. The summed E-state index contributed by atoms with van der Waals surface area (Å²) in [5.74, 6) is 0.421. The zero-order chi connectivity index (χ0) is 15.9. The van der Waals surface area contributed by atoms with Crippen LogP contribution in [0, 0.1) is 11.8 Å². The van der Waals surface area contributed by atoms with Crippen LogP contribution in [0.3, 0.4) is 0 Å². The second-order valence-electron chi connectivity index (χ2n) is 6.67. The number of alkyl halides is 1. The number of hydrogen-bond donors (Lipinski definition) is 1. The number of fused-ring (bicyclic) bond motifs is 1. The van der Waals surface area contributed by atoms with E-state index in [4.69, 9.17) is 21.4 Å². The summed E-state index contributed by atoms with van der Waals surface area (Å²) in [5.41, 5.74) is 0. The number of ether oxygens (including phenoxy) is 1. The van der Waals surface area contributed by atoms with Gasteiger partial charge < -0.3 is 9.84 Å². The average molecular weight is 329 g/mol. The van der Waals surface area contributed by atoms with Crippen LogP contribution in [0.1, 0.15) is 64.7 Å². The molecule has 1 saturated heterocycles. The smallest absolute Gasteiger partial charge is 0.303 e. The van der Waals surface area contributed by atoms with Gasteiger partial charge >= 0.3 is 5.97 Å². The van der Waals surface area contributed by atoms with Crippen molar-refractivity contribution >= 4 is 17.6 Å². The number of allylic oxidation sites excluding steroid dienone is 1. The first-order valence-electron chi connectivity index (χ1n) is 8.81. The Bertz CT molecular complexity index is 383. The number of hydrogen-bond acceptors (Lipinski definition) is 2. The normalized spacial score (nSPS) is 31.4. The number of epoxide rings is 1. The molecule has 1 heterocycles. The van der Waals surface area contributed by atoms with Gasteiger partial charge in [0.1, 0.15) is 0 Å². The molecule has 2 rings (SSSR count). The summed E-state index contributed by atoms with van der Waals surface area (Å²) in [7, 11) is 0. The molecule has 0 spiro atoms. The Morgan fingerprint density at radius 3 is 2.77 bits per heavy atom. The molecule has 22 heavy (non-hydrogen) atoms. The lowest BCUT2D eigenvalue weighted by atomic mass is 9.89. The van der Waals surface area contributed by atoms with E-state index >= 15 is 0 Å². The van der Waals surface area contributed by atoms with Gasteiger partial charge in [-0.2, -0.15) is 0 Å². The fourth-order valence-corrected chi connectivity index (χ4v) is 3.89. The third-order valence-electron chi connectivity index (χ3n) is 4.97. The molecule has 0 amide bonds. The van der Waals surface area contributed by atoms with Crippen molar-refractivity contribution in [1.29, 1.82) is 0 Å². The molecule has 2 aliphatic rings. The Morgan fingerprint density at radius 2 is 2.05 bits per heavy atom. The molecular weight excluding hydrogens is 300 g/mol. The molecular formula is C18H29ClO3. The van der Waals surface area contributed by atoms with Crippen LogP contribution in [0.2, 0.25) is 0 Å². The second kappa shape index (κ2) is 8.93. The number of unbranched alkanes of at least 4 members (excludes halogenated alkanes) is 5. The summed E-state index contributed by atoms with van der Waals surface area (Å²) >= 11 is 6.45. The van der Waals surface area contributed by atoms with Crippen molar-refractivity contribution in [2.75, 3.05) is 0 Å². The van der Waals surface area contributed by atoms with Crippen LogP contribution in [0.5, 0.6) is 0 Å². The lowest BCUT2D eigenvalue weighted by Crippen LogP contribution is -2.22. The van der Waals surface area contributed by atoms with Crippen molar-refractivity contribution in [3.63, 3.8) is 0 Å². The maximum Gasteiger partial charge on any atom is 0.303 e. The van der Waals surface area contributed by atoms with E-state index in [1.54, 1.807) is 0 Å². The van der Waals surface area contributed by atoms with Gasteiger partial charge in [0.25, 0.3) is 0 Å². The molecule has 5 atom stereocenters. The van der Waals surface area contributed by atoms with Crippen LogP contribution in [-0.2, 0) is 9.53 Å². The minimum Gasteiger partial charge on any atom is -0.481 e. The number of carboxylic acids is 1. The molecule has 0 radical (unpaired) electrons. The van der Waals surface area contributed by atoms with Crippen LogP contribution in [0.25, 0.3) is 0 Å². The zero-order valence-electron chi connectivity index (χ0n) is 13.5. The standard InChI is InChI=1S/C18H29ClO3/c1-2-15(19)14-12-16-18(22-16)13(14)10-8-6-4-3-5-7-9-11-17(20)21/h8,10,13-16,18H,2-7,9,11-12H2,1H3,(H,20,21)/b10-8-/t13-,14+,15-,16-,18+/m0/s1. The first-order valence-corrected chi connectivity index (χ1v) is 9.25. The quantitative estimate of drug-likeness (QED) is 0.257. The van der Waals surface area contributed by atoms with Crippen LogP contribution >= 0.6 is 11.6 Å². The summed E-state index contributed by atoms with van der Waals surface area (Å²) in [5, 5.41) is 8.84.